The summed E-state index contributed by atoms with van der Waals surface area (Å²) in [4.78, 5) is 25.1. The number of benzene rings is 2. The number of esters is 1. The third kappa shape index (κ3) is 3.77. The summed E-state index contributed by atoms with van der Waals surface area (Å²) in [6, 6.07) is 15.1. The van der Waals surface area contributed by atoms with Crippen LogP contribution in [-0.2, 0) is 22.5 Å². The first-order valence-corrected chi connectivity index (χ1v) is 9.84. The molecule has 1 aliphatic carbocycles. The van der Waals surface area contributed by atoms with Crippen LogP contribution in [0.25, 0.3) is 0 Å². The van der Waals surface area contributed by atoms with Crippen LogP contribution >= 0.6 is 0 Å². The normalized spacial score (nSPS) is 22.9. The van der Waals surface area contributed by atoms with Crippen LogP contribution in [0.4, 0.5) is 0 Å². The lowest BCUT2D eigenvalue weighted by Crippen LogP contribution is -2.31. The zero-order valence-corrected chi connectivity index (χ0v) is 16.6. The van der Waals surface area contributed by atoms with Gasteiger partial charge in [-0.05, 0) is 54.7 Å². The molecule has 29 heavy (non-hydrogen) atoms. The molecule has 150 valence electrons. The Morgan fingerprint density at radius 3 is 2.79 bits per heavy atom. The van der Waals surface area contributed by atoms with Gasteiger partial charge in [-0.1, -0.05) is 36.4 Å². The quantitative estimate of drug-likeness (QED) is 0.603. The van der Waals surface area contributed by atoms with Crippen LogP contribution in [0.5, 0.6) is 5.75 Å². The van der Waals surface area contributed by atoms with Gasteiger partial charge in [0, 0.05) is 18.0 Å². The van der Waals surface area contributed by atoms with Crippen molar-refractivity contribution in [1.82, 2.24) is 5.32 Å². The highest BCUT2D eigenvalue weighted by Crippen LogP contribution is 2.52. The van der Waals surface area contributed by atoms with Crippen LogP contribution in [0.3, 0.4) is 0 Å². The Hall–Kier alpha value is -3.08. The van der Waals surface area contributed by atoms with Gasteiger partial charge in [-0.25, -0.2) is 0 Å². The molecule has 2 aromatic rings. The summed E-state index contributed by atoms with van der Waals surface area (Å²) in [6.45, 7) is 5.00. The van der Waals surface area contributed by atoms with Gasteiger partial charge in [-0.3, -0.25) is 9.59 Å². The summed E-state index contributed by atoms with van der Waals surface area (Å²) < 4.78 is 10.5. The highest BCUT2D eigenvalue weighted by atomic mass is 16.5. The molecule has 4 rings (SSSR count). The van der Waals surface area contributed by atoms with Gasteiger partial charge in [0.1, 0.15) is 5.75 Å². The maximum absolute atomic E-state index is 12.6. The fourth-order valence-corrected chi connectivity index (χ4v) is 4.48. The lowest BCUT2D eigenvalue weighted by molar-refractivity contribution is -0.146. The molecule has 1 amide bonds. The third-order valence-electron chi connectivity index (χ3n) is 6.03. The second-order valence-electron chi connectivity index (χ2n) is 7.99. The predicted molar refractivity (Wildman–Crippen MR) is 110 cm³/mol. The maximum atomic E-state index is 12.6. The number of cyclic esters (lactones) is 1. The molecule has 0 aromatic heterocycles. The second-order valence-corrected chi connectivity index (χ2v) is 7.99. The fourth-order valence-electron chi connectivity index (χ4n) is 4.48. The minimum Gasteiger partial charge on any atom is -0.497 e. The van der Waals surface area contributed by atoms with Crippen molar-refractivity contribution >= 4 is 11.9 Å². The van der Waals surface area contributed by atoms with E-state index in [2.05, 4.69) is 11.9 Å². The van der Waals surface area contributed by atoms with E-state index >= 15 is 0 Å². The molecule has 2 aliphatic rings. The SMILES string of the molecule is C=C1CC2COC(=O)C2(Cc2cccc(C(=O)NCc3ccc(OC)cc3)c2)C1. The van der Waals surface area contributed by atoms with E-state index in [4.69, 9.17) is 9.47 Å². The van der Waals surface area contributed by atoms with Crippen molar-refractivity contribution < 1.29 is 19.1 Å². The van der Waals surface area contributed by atoms with Crippen LogP contribution in [0.1, 0.15) is 34.3 Å². The standard InChI is InChI=1S/C24H25NO4/c1-16-10-20-15-29-23(27)24(20,12-16)13-18-4-3-5-19(11-18)22(26)25-14-17-6-8-21(28-2)9-7-17/h3-9,11,20H,1,10,12-15H2,2H3,(H,25,26). The van der Waals surface area contributed by atoms with Crippen LogP contribution in [0, 0.1) is 11.3 Å². The molecule has 5 heteroatoms. The average Bonchev–Trinajstić information content (AvgIpc) is 3.20. The zero-order valence-electron chi connectivity index (χ0n) is 16.6. The Morgan fingerprint density at radius 1 is 1.24 bits per heavy atom. The molecule has 5 nitrogen and oxygen atoms in total. The Morgan fingerprint density at radius 2 is 2.03 bits per heavy atom. The van der Waals surface area contributed by atoms with Gasteiger partial charge in [-0.2, -0.15) is 0 Å². The monoisotopic (exact) mass is 391 g/mol. The number of allylic oxidation sites excluding steroid dienone is 1. The van der Waals surface area contributed by atoms with Gasteiger partial charge in [0.15, 0.2) is 0 Å². The predicted octanol–water partition coefficient (Wildman–Crippen LogP) is 3.68. The van der Waals surface area contributed by atoms with Crippen molar-refractivity contribution in [3.05, 3.63) is 77.4 Å². The van der Waals surface area contributed by atoms with Gasteiger partial charge in [0.05, 0.1) is 19.1 Å². The van der Waals surface area contributed by atoms with Crippen LogP contribution in [0.2, 0.25) is 0 Å². The van der Waals surface area contributed by atoms with E-state index in [0.29, 0.717) is 31.6 Å². The molecule has 1 N–H and O–H groups in total. The summed E-state index contributed by atoms with van der Waals surface area (Å²) >= 11 is 0. The first-order valence-electron chi connectivity index (χ1n) is 9.84. The van der Waals surface area contributed by atoms with E-state index in [1.54, 1.807) is 13.2 Å². The summed E-state index contributed by atoms with van der Waals surface area (Å²) in [7, 11) is 1.62. The van der Waals surface area contributed by atoms with Crippen molar-refractivity contribution in [3.63, 3.8) is 0 Å². The molecular weight excluding hydrogens is 366 g/mol. The van der Waals surface area contributed by atoms with Crippen LogP contribution < -0.4 is 10.1 Å². The number of ether oxygens (including phenoxy) is 2. The molecule has 2 atom stereocenters. The van der Waals surface area contributed by atoms with Crippen molar-refractivity contribution in [3.8, 4) is 5.75 Å². The first-order chi connectivity index (χ1) is 14.0. The largest absolute Gasteiger partial charge is 0.497 e. The molecule has 0 radical (unpaired) electrons. The highest BCUT2D eigenvalue weighted by molar-refractivity contribution is 5.94. The smallest absolute Gasteiger partial charge is 0.313 e. The molecule has 1 saturated heterocycles. The number of nitrogens with one attached hydrogen (secondary N) is 1. The number of carbonyl (C=O) groups is 2. The number of hydrogen-bond donors (Lipinski definition) is 1. The third-order valence-corrected chi connectivity index (χ3v) is 6.03. The summed E-state index contributed by atoms with van der Waals surface area (Å²) in [5.74, 6) is 0.706. The van der Waals surface area contributed by atoms with Crippen molar-refractivity contribution in [2.75, 3.05) is 13.7 Å². The minimum absolute atomic E-state index is 0.129. The second kappa shape index (κ2) is 7.74. The lowest BCUT2D eigenvalue weighted by atomic mass is 9.75. The Labute approximate surface area is 170 Å². The van der Waals surface area contributed by atoms with Gasteiger partial charge in [-0.15, -0.1) is 0 Å². The van der Waals surface area contributed by atoms with Crippen molar-refractivity contribution in [2.45, 2.75) is 25.8 Å². The topological polar surface area (TPSA) is 64.6 Å². The number of hydrogen-bond acceptors (Lipinski definition) is 4. The van der Waals surface area contributed by atoms with Gasteiger partial charge in [0.2, 0.25) is 0 Å². The average molecular weight is 391 g/mol. The molecule has 1 heterocycles. The molecular formula is C24H25NO4. The first kappa shape index (κ1) is 19.2. The zero-order chi connectivity index (χ0) is 20.4. The number of methoxy groups -OCH3 is 1. The Kier molecular flexibility index (Phi) is 5.14. The summed E-state index contributed by atoms with van der Waals surface area (Å²) in [6.07, 6.45) is 2.09. The van der Waals surface area contributed by atoms with Gasteiger partial charge in [0.25, 0.3) is 5.91 Å². The summed E-state index contributed by atoms with van der Waals surface area (Å²) in [5.41, 5.74) is 3.15. The van der Waals surface area contributed by atoms with Crippen LogP contribution in [0.15, 0.2) is 60.7 Å². The highest BCUT2D eigenvalue weighted by Gasteiger charge is 2.55. The van der Waals surface area contributed by atoms with Crippen molar-refractivity contribution in [2.24, 2.45) is 11.3 Å². The molecule has 2 fully saturated rings. The fraction of sp³-hybridized carbons (Fsp3) is 0.333. The Balaban J connectivity index is 1.44. The number of carbonyl (C=O) groups excluding carboxylic acids is 2. The van der Waals surface area contributed by atoms with Crippen LogP contribution in [-0.4, -0.2) is 25.6 Å². The molecule has 1 saturated carbocycles. The molecule has 0 spiro atoms. The number of rotatable bonds is 6. The summed E-state index contributed by atoms with van der Waals surface area (Å²) in [5, 5.41) is 2.95. The number of fused-ring (bicyclic) bond motifs is 1. The van der Waals surface area contributed by atoms with E-state index < -0.39 is 5.41 Å². The van der Waals surface area contributed by atoms with Gasteiger partial charge < -0.3 is 14.8 Å². The van der Waals surface area contributed by atoms with Gasteiger partial charge >= 0.3 is 5.97 Å². The Bertz CT molecular complexity index is 950. The van der Waals surface area contributed by atoms with E-state index in [-0.39, 0.29) is 17.8 Å². The van der Waals surface area contributed by atoms with E-state index in [0.717, 1.165) is 28.9 Å². The molecule has 1 aliphatic heterocycles. The molecule has 0 bridgehead atoms. The van der Waals surface area contributed by atoms with E-state index in [1.165, 1.54) is 0 Å². The van der Waals surface area contributed by atoms with E-state index in [9.17, 15) is 9.59 Å². The van der Waals surface area contributed by atoms with Crippen molar-refractivity contribution in [1.29, 1.82) is 0 Å². The number of amides is 1. The van der Waals surface area contributed by atoms with E-state index in [1.807, 2.05) is 42.5 Å². The lowest BCUT2D eigenvalue weighted by Gasteiger charge is -2.24. The molecule has 2 aromatic carbocycles. The molecule has 2 unspecified atom stereocenters. The minimum atomic E-state index is -0.519. The maximum Gasteiger partial charge on any atom is 0.313 e.